The second-order valence-electron chi connectivity index (χ2n) is 9.54. The predicted octanol–water partition coefficient (Wildman–Crippen LogP) is 7.23. The minimum atomic E-state index is 0.129. The highest BCUT2D eigenvalue weighted by Crippen LogP contribution is 2.40. The first kappa shape index (κ1) is 29.5. The van der Waals surface area contributed by atoms with Gasteiger partial charge in [-0.15, -0.1) is 6.58 Å². The molecule has 0 saturated carbocycles. The van der Waals surface area contributed by atoms with E-state index >= 15 is 0 Å². The zero-order chi connectivity index (χ0) is 27.2. The van der Waals surface area contributed by atoms with Gasteiger partial charge in [-0.25, -0.2) is 0 Å². The van der Waals surface area contributed by atoms with Gasteiger partial charge in [0.25, 0.3) is 0 Å². The molecular weight excluding hydrogens is 468 g/mol. The molecule has 0 heterocycles. The Morgan fingerprint density at radius 1 is 0.605 bits per heavy atom. The standard InChI is InChI=1S/C34H46N2O2/c1-6-33(28-14-12-11-13-15-28)34(29-16-20-31(21-17-29)37-26-24-35(7-2)8-3)30-18-22-32(23-19-30)38-27-25-36(9-4)10-5/h6,11-23,33-34H,1,7-10,24-27H2,2-5H3. The van der Waals surface area contributed by atoms with Crippen LogP contribution in [0.15, 0.2) is 91.5 Å². The zero-order valence-corrected chi connectivity index (χ0v) is 23.8. The fourth-order valence-electron chi connectivity index (χ4n) is 4.95. The number of rotatable bonds is 17. The highest BCUT2D eigenvalue weighted by molar-refractivity contribution is 5.43. The third-order valence-corrected chi connectivity index (χ3v) is 7.42. The first-order chi connectivity index (χ1) is 18.6. The van der Waals surface area contributed by atoms with Crippen LogP contribution in [0, 0.1) is 0 Å². The van der Waals surface area contributed by atoms with Crippen LogP contribution in [0.3, 0.4) is 0 Å². The largest absolute Gasteiger partial charge is 0.492 e. The van der Waals surface area contributed by atoms with E-state index in [1.165, 1.54) is 16.7 Å². The number of hydrogen-bond donors (Lipinski definition) is 0. The van der Waals surface area contributed by atoms with Crippen molar-refractivity contribution in [3.05, 3.63) is 108 Å². The fourth-order valence-corrected chi connectivity index (χ4v) is 4.95. The lowest BCUT2D eigenvalue weighted by atomic mass is 9.77. The summed E-state index contributed by atoms with van der Waals surface area (Å²) in [6.07, 6.45) is 2.07. The maximum absolute atomic E-state index is 6.06. The van der Waals surface area contributed by atoms with Gasteiger partial charge in [-0.2, -0.15) is 0 Å². The molecule has 1 unspecified atom stereocenters. The predicted molar refractivity (Wildman–Crippen MR) is 161 cm³/mol. The van der Waals surface area contributed by atoms with Crippen LogP contribution in [0.2, 0.25) is 0 Å². The fraction of sp³-hybridized carbons (Fsp3) is 0.412. The van der Waals surface area contributed by atoms with Crippen molar-refractivity contribution in [3.63, 3.8) is 0 Å². The van der Waals surface area contributed by atoms with Crippen molar-refractivity contribution in [1.82, 2.24) is 9.80 Å². The van der Waals surface area contributed by atoms with Crippen LogP contribution in [0.4, 0.5) is 0 Å². The lowest BCUT2D eigenvalue weighted by molar-refractivity contribution is 0.223. The summed E-state index contributed by atoms with van der Waals surface area (Å²) in [5.41, 5.74) is 3.74. The molecule has 3 rings (SSSR count). The maximum atomic E-state index is 6.06. The summed E-state index contributed by atoms with van der Waals surface area (Å²) < 4.78 is 12.1. The van der Waals surface area contributed by atoms with Crippen molar-refractivity contribution in [2.45, 2.75) is 39.5 Å². The molecule has 3 aromatic rings. The third kappa shape index (κ3) is 8.47. The van der Waals surface area contributed by atoms with Crippen LogP contribution in [-0.2, 0) is 0 Å². The Balaban J connectivity index is 1.80. The van der Waals surface area contributed by atoms with E-state index in [1.54, 1.807) is 0 Å². The van der Waals surface area contributed by atoms with Crippen molar-refractivity contribution in [3.8, 4) is 11.5 Å². The molecule has 0 spiro atoms. The molecule has 0 aliphatic heterocycles. The average Bonchev–Trinajstić information content (AvgIpc) is 2.97. The Kier molecular flexibility index (Phi) is 12.4. The molecule has 0 amide bonds. The molecule has 4 nitrogen and oxygen atoms in total. The van der Waals surface area contributed by atoms with Gasteiger partial charge in [-0.1, -0.05) is 88.4 Å². The molecule has 204 valence electrons. The minimum Gasteiger partial charge on any atom is -0.492 e. The van der Waals surface area contributed by atoms with Gasteiger partial charge in [-0.05, 0) is 67.1 Å². The first-order valence-corrected chi connectivity index (χ1v) is 14.2. The summed E-state index contributed by atoms with van der Waals surface area (Å²) in [4.78, 5) is 4.74. The number of benzene rings is 3. The van der Waals surface area contributed by atoms with Gasteiger partial charge >= 0.3 is 0 Å². The number of hydrogen-bond acceptors (Lipinski definition) is 4. The normalized spacial score (nSPS) is 12.2. The second-order valence-corrected chi connectivity index (χ2v) is 9.54. The number of nitrogens with zero attached hydrogens (tertiary/aromatic N) is 2. The lowest BCUT2D eigenvalue weighted by Crippen LogP contribution is -2.27. The summed E-state index contributed by atoms with van der Waals surface area (Å²) in [7, 11) is 0. The van der Waals surface area contributed by atoms with Crippen molar-refractivity contribution >= 4 is 0 Å². The van der Waals surface area contributed by atoms with Crippen molar-refractivity contribution in [2.24, 2.45) is 0 Å². The van der Waals surface area contributed by atoms with E-state index in [9.17, 15) is 0 Å². The molecule has 0 saturated heterocycles. The van der Waals surface area contributed by atoms with E-state index in [1.807, 2.05) is 0 Å². The van der Waals surface area contributed by atoms with Crippen LogP contribution in [0.25, 0.3) is 0 Å². The number of allylic oxidation sites excluding steroid dienone is 1. The maximum Gasteiger partial charge on any atom is 0.119 e. The van der Waals surface area contributed by atoms with Crippen LogP contribution in [0.5, 0.6) is 11.5 Å². The molecular formula is C34H46N2O2. The van der Waals surface area contributed by atoms with Crippen LogP contribution >= 0.6 is 0 Å². The topological polar surface area (TPSA) is 24.9 Å². The molecule has 1 atom stereocenters. The van der Waals surface area contributed by atoms with Gasteiger partial charge in [0.1, 0.15) is 24.7 Å². The SMILES string of the molecule is C=CC(c1ccccc1)C(c1ccc(OCCN(CC)CC)cc1)c1ccc(OCCN(CC)CC)cc1. The van der Waals surface area contributed by atoms with Crippen LogP contribution in [-0.4, -0.2) is 62.3 Å². The Hall–Kier alpha value is -3.08. The Bertz CT molecular complexity index is 981. The monoisotopic (exact) mass is 514 g/mol. The van der Waals surface area contributed by atoms with Gasteiger partial charge in [0.2, 0.25) is 0 Å². The van der Waals surface area contributed by atoms with E-state index in [-0.39, 0.29) is 11.8 Å². The second kappa shape index (κ2) is 16.0. The van der Waals surface area contributed by atoms with Gasteiger partial charge < -0.3 is 19.3 Å². The molecule has 38 heavy (non-hydrogen) atoms. The highest BCUT2D eigenvalue weighted by atomic mass is 16.5. The summed E-state index contributed by atoms with van der Waals surface area (Å²) in [6, 6.07) is 27.8. The summed E-state index contributed by atoms with van der Waals surface area (Å²) in [6.45, 7) is 20.4. The molecule has 0 N–H and O–H groups in total. The van der Waals surface area contributed by atoms with Crippen molar-refractivity contribution in [1.29, 1.82) is 0 Å². The summed E-state index contributed by atoms with van der Waals surface area (Å²) in [5.74, 6) is 2.09. The van der Waals surface area contributed by atoms with Crippen LogP contribution < -0.4 is 9.47 Å². The lowest BCUT2D eigenvalue weighted by Gasteiger charge is -2.27. The summed E-state index contributed by atoms with van der Waals surface area (Å²) in [5, 5.41) is 0. The van der Waals surface area contributed by atoms with Gasteiger partial charge in [0, 0.05) is 24.9 Å². The average molecular weight is 515 g/mol. The van der Waals surface area contributed by atoms with Gasteiger partial charge in [0.15, 0.2) is 0 Å². The molecule has 3 aromatic carbocycles. The quantitative estimate of drug-likeness (QED) is 0.177. The zero-order valence-electron chi connectivity index (χ0n) is 23.8. The third-order valence-electron chi connectivity index (χ3n) is 7.42. The molecule has 0 bridgehead atoms. The molecule has 0 aliphatic carbocycles. The van der Waals surface area contributed by atoms with Crippen LogP contribution in [0.1, 0.15) is 56.2 Å². The summed E-state index contributed by atoms with van der Waals surface area (Å²) >= 11 is 0. The van der Waals surface area contributed by atoms with Gasteiger partial charge in [0.05, 0.1) is 0 Å². The van der Waals surface area contributed by atoms with Crippen molar-refractivity contribution < 1.29 is 9.47 Å². The minimum absolute atomic E-state index is 0.129. The van der Waals surface area contributed by atoms with Crippen molar-refractivity contribution in [2.75, 3.05) is 52.5 Å². The number of ether oxygens (including phenoxy) is 2. The van der Waals surface area contributed by atoms with E-state index in [2.05, 4.69) is 129 Å². The van der Waals surface area contributed by atoms with E-state index < -0.39 is 0 Å². The van der Waals surface area contributed by atoms with Gasteiger partial charge in [-0.3, -0.25) is 0 Å². The molecule has 0 radical (unpaired) electrons. The van der Waals surface area contributed by atoms with E-state index in [4.69, 9.17) is 9.47 Å². The Morgan fingerprint density at radius 3 is 1.39 bits per heavy atom. The Morgan fingerprint density at radius 2 is 1.03 bits per heavy atom. The highest BCUT2D eigenvalue weighted by Gasteiger charge is 2.24. The van der Waals surface area contributed by atoms with E-state index in [0.29, 0.717) is 13.2 Å². The molecule has 0 aliphatic rings. The Labute approximate surface area is 230 Å². The molecule has 4 heteroatoms. The first-order valence-electron chi connectivity index (χ1n) is 14.2. The molecule has 0 fully saturated rings. The van der Waals surface area contributed by atoms with E-state index in [0.717, 1.165) is 50.8 Å². The smallest absolute Gasteiger partial charge is 0.119 e. The molecule has 0 aromatic heterocycles. The number of likely N-dealkylation sites (N-methyl/N-ethyl adjacent to an activating group) is 2.